The molecule has 94 valence electrons. The van der Waals surface area contributed by atoms with E-state index in [1.54, 1.807) is 18.0 Å². The summed E-state index contributed by atoms with van der Waals surface area (Å²) in [6, 6.07) is 11.5. The minimum Gasteiger partial charge on any atom is -0.384 e. The lowest BCUT2D eigenvalue weighted by Crippen LogP contribution is -2.03. The molecule has 2 rings (SSSR count). The third kappa shape index (κ3) is 4.41. The van der Waals surface area contributed by atoms with Gasteiger partial charge in [0.1, 0.15) is 0 Å². The van der Waals surface area contributed by atoms with Gasteiger partial charge in [-0.1, -0.05) is 23.2 Å². The lowest BCUT2D eigenvalue weighted by atomic mass is 10.3. The summed E-state index contributed by atoms with van der Waals surface area (Å²) in [4.78, 5) is 4.22. The number of rotatable bonds is 5. The lowest BCUT2D eigenvalue weighted by molar-refractivity contribution is 1.12. The van der Waals surface area contributed by atoms with Crippen LogP contribution in [-0.2, 0) is 0 Å². The highest BCUT2D eigenvalue weighted by atomic mass is 35.5. The highest BCUT2D eigenvalue weighted by Gasteiger charge is 1.96. The number of anilines is 1. The molecule has 0 amide bonds. The summed E-state index contributed by atoms with van der Waals surface area (Å²) in [5.41, 5.74) is 1.07. The predicted molar refractivity (Wildman–Crippen MR) is 79.9 cm³/mol. The van der Waals surface area contributed by atoms with E-state index in [0.717, 1.165) is 28.0 Å². The van der Waals surface area contributed by atoms with Crippen molar-refractivity contribution in [2.45, 2.75) is 5.03 Å². The molecular weight excluding hydrogens is 287 g/mol. The fourth-order valence-corrected chi connectivity index (χ4v) is 2.31. The van der Waals surface area contributed by atoms with Crippen molar-refractivity contribution in [2.24, 2.45) is 0 Å². The smallest absolute Gasteiger partial charge is 0.0961 e. The van der Waals surface area contributed by atoms with Crippen molar-refractivity contribution in [3.05, 3.63) is 52.6 Å². The molecule has 5 heteroatoms. The van der Waals surface area contributed by atoms with E-state index in [2.05, 4.69) is 10.3 Å². The normalized spacial score (nSPS) is 10.3. The SMILES string of the molecule is Clc1ccc(NCCSc2ccc(Cl)cn2)cc1. The molecule has 0 saturated heterocycles. The zero-order chi connectivity index (χ0) is 12.8. The summed E-state index contributed by atoms with van der Waals surface area (Å²) < 4.78 is 0. The van der Waals surface area contributed by atoms with Crippen LogP contribution in [0.3, 0.4) is 0 Å². The fraction of sp³-hybridized carbons (Fsp3) is 0.154. The van der Waals surface area contributed by atoms with Gasteiger partial charge in [-0.2, -0.15) is 0 Å². The Morgan fingerprint density at radius 1 is 1.00 bits per heavy atom. The molecule has 2 nitrogen and oxygen atoms in total. The van der Waals surface area contributed by atoms with Gasteiger partial charge in [0, 0.05) is 29.2 Å². The maximum atomic E-state index is 5.81. The van der Waals surface area contributed by atoms with Crippen LogP contribution in [0.25, 0.3) is 0 Å². The topological polar surface area (TPSA) is 24.9 Å². The first-order valence-corrected chi connectivity index (χ1v) is 7.22. The summed E-state index contributed by atoms with van der Waals surface area (Å²) in [5, 5.41) is 5.72. The summed E-state index contributed by atoms with van der Waals surface area (Å²) in [7, 11) is 0. The Morgan fingerprint density at radius 3 is 2.39 bits per heavy atom. The van der Waals surface area contributed by atoms with Crippen LogP contribution >= 0.6 is 35.0 Å². The number of aromatic nitrogens is 1. The van der Waals surface area contributed by atoms with E-state index >= 15 is 0 Å². The molecular formula is C13H12Cl2N2S. The van der Waals surface area contributed by atoms with Crippen molar-refractivity contribution < 1.29 is 0 Å². The molecule has 1 aromatic heterocycles. The van der Waals surface area contributed by atoms with Crippen molar-refractivity contribution in [3.8, 4) is 0 Å². The minimum atomic E-state index is 0.665. The van der Waals surface area contributed by atoms with Gasteiger partial charge in [-0.15, -0.1) is 11.8 Å². The molecule has 0 saturated carbocycles. The van der Waals surface area contributed by atoms with E-state index < -0.39 is 0 Å². The second-order valence-corrected chi connectivity index (χ2v) is 5.58. The largest absolute Gasteiger partial charge is 0.384 e. The van der Waals surface area contributed by atoms with Crippen LogP contribution in [0.2, 0.25) is 10.0 Å². The number of pyridine rings is 1. The Balaban J connectivity index is 1.73. The summed E-state index contributed by atoms with van der Waals surface area (Å²) in [5.74, 6) is 0.942. The summed E-state index contributed by atoms with van der Waals surface area (Å²) in [6.07, 6.45) is 1.66. The molecule has 0 spiro atoms. The van der Waals surface area contributed by atoms with Gasteiger partial charge in [0.05, 0.1) is 10.0 Å². The zero-order valence-electron chi connectivity index (χ0n) is 9.57. The van der Waals surface area contributed by atoms with Crippen LogP contribution in [0.1, 0.15) is 0 Å². The minimum absolute atomic E-state index is 0.665. The molecule has 0 atom stereocenters. The standard InChI is InChI=1S/C13H12Cl2N2S/c14-10-1-4-12(5-2-10)16-7-8-18-13-6-3-11(15)9-17-13/h1-6,9,16H,7-8H2. The van der Waals surface area contributed by atoms with E-state index in [-0.39, 0.29) is 0 Å². The average Bonchev–Trinajstić information content (AvgIpc) is 2.39. The van der Waals surface area contributed by atoms with E-state index in [9.17, 15) is 0 Å². The number of thioether (sulfide) groups is 1. The van der Waals surface area contributed by atoms with E-state index in [1.807, 2.05) is 36.4 Å². The summed E-state index contributed by atoms with van der Waals surface area (Å²) in [6.45, 7) is 0.872. The first-order valence-electron chi connectivity index (χ1n) is 5.48. The zero-order valence-corrected chi connectivity index (χ0v) is 11.9. The fourth-order valence-electron chi connectivity index (χ4n) is 1.37. The highest BCUT2D eigenvalue weighted by molar-refractivity contribution is 7.99. The van der Waals surface area contributed by atoms with E-state index in [4.69, 9.17) is 23.2 Å². The van der Waals surface area contributed by atoms with Gasteiger partial charge >= 0.3 is 0 Å². The lowest BCUT2D eigenvalue weighted by Gasteiger charge is -2.05. The van der Waals surface area contributed by atoms with Crippen LogP contribution in [-0.4, -0.2) is 17.3 Å². The van der Waals surface area contributed by atoms with Crippen molar-refractivity contribution in [2.75, 3.05) is 17.6 Å². The molecule has 0 bridgehead atoms. The Hall–Kier alpha value is -0.900. The number of halogens is 2. The second-order valence-electron chi connectivity index (χ2n) is 3.60. The van der Waals surface area contributed by atoms with Crippen molar-refractivity contribution >= 4 is 40.7 Å². The molecule has 18 heavy (non-hydrogen) atoms. The Kier molecular flexibility index (Phi) is 5.17. The van der Waals surface area contributed by atoms with Gasteiger partial charge in [-0.3, -0.25) is 0 Å². The maximum Gasteiger partial charge on any atom is 0.0961 e. The number of benzene rings is 1. The average molecular weight is 299 g/mol. The van der Waals surface area contributed by atoms with Gasteiger partial charge in [0.2, 0.25) is 0 Å². The Labute approximate surface area is 121 Å². The van der Waals surface area contributed by atoms with Crippen molar-refractivity contribution in [1.29, 1.82) is 0 Å². The maximum absolute atomic E-state index is 5.81. The van der Waals surface area contributed by atoms with Crippen LogP contribution in [0, 0.1) is 0 Å². The molecule has 0 aliphatic heterocycles. The van der Waals surface area contributed by atoms with Gasteiger partial charge in [-0.25, -0.2) is 4.98 Å². The van der Waals surface area contributed by atoms with Crippen molar-refractivity contribution in [1.82, 2.24) is 4.98 Å². The Bertz CT molecular complexity index is 438. The molecule has 1 heterocycles. The van der Waals surface area contributed by atoms with Crippen molar-refractivity contribution in [3.63, 3.8) is 0 Å². The number of hydrogen-bond acceptors (Lipinski definition) is 3. The van der Waals surface area contributed by atoms with Crippen LogP contribution in [0.5, 0.6) is 0 Å². The molecule has 1 N–H and O–H groups in total. The molecule has 0 aliphatic rings. The first kappa shape index (κ1) is 13.5. The van der Waals surface area contributed by atoms with Crippen LogP contribution in [0.4, 0.5) is 5.69 Å². The third-order valence-electron chi connectivity index (χ3n) is 2.23. The van der Waals surface area contributed by atoms with Gasteiger partial charge in [-0.05, 0) is 36.4 Å². The first-order chi connectivity index (χ1) is 8.74. The van der Waals surface area contributed by atoms with Gasteiger partial charge in [0.25, 0.3) is 0 Å². The monoisotopic (exact) mass is 298 g/mol. The van der Waals surface area contributed by atoms with Gasteiger partial charge < -0.3 is 5.32 Å². The predicted octanol–water partition coefficient (Wildman–Crippen LogP) is 4.59. The Morgan fingerprint density at radius 2 is 1.72 bits per heavy atom. The molecule has 0 unspecified atom stereocenters. The van der Waals surface area contributed by atoms with Crippen LogP contribution < -0.4 is 5.32 Å². The number of hydrogen-bond donors (Lipinski definition) is 1. The summed E-state index contributed by atoms with van der Waals surface area (Å²) >= 11 is 13.3. The van der Waals surface area contributed by atoms with Gasteiger partial charge in [0.15, 0.2) is 0 Å². The van der Waals surface area contributed by atoms with E-state index in [0.29, 0.717) is 5.02 Å². The second kappa shape index (κ2) is 6.88. The molecule has 0 radical (unpaired) electrons. The van der Waals surface area contributed by atoms with Crippen LogP contribution in [0.15, 0.2) is 47.6 Å². The number of nitrogens with one attached hydrogen (secondary N) is 1. The molecule has 2 aromatic rings. The molecule has 1 aromatic carbocycles. The highest BCUT2D eigenvalue weighted by Crippen LogP contribution is 2.17. The molecule has 0 aliphatic carbocycles. The molecule has 0 fully saturated rings. The van der Waals surface area contributed by atoms with E-state index in [1.165, 1.54) is 0 Å². The quantitative estimate of drug-likeness (QED) is 0.645. The third-order valence-corrected chi connectivity index (χ3v) is 3.65. The number of nitrogens with zero attached hydrogens (tertiary/aromatic N) is 1.